The van der Waals surface area contributed by atoms with Crippen LogP contribution in [0.4, 0.5) is 0 Å². The molecular weight excluding hydrogens is 164 g/mol. The van der Waals surface area contributed by atoms with E-state index in [9.17, 15) is 4.79 Å². The molecule has 1 unspecified atom stereocenters. The van der Waals surface area contributed by atoms with E-state index in [-0.39, 0.29) is 6.04 Å². The lowest BCUT2D eigenvalue weighted by Gasteiger charge is -2.17. The minimum Gasteiger partial charge on any atom is -0.317 e. The average molecular weight is 186 g/mol. The summed E-state index contributed by atoms with van der Waals surface area (Å²) in [5.74, 6) is 0. The third-order valence-corrected chi connectivity index (χ3v) is 2.17. The summed E-state index contributed by atoms with van der Waals surface area (Å²) in [4.78, 5) is 12.6. The molecule has 0 aromatic carbocycles. The minimum absolute atomic E-state index is 0.0987. The van der Waals surface area contributed by atoms with Crippen LogP contribution < -0.4 is 5.32 Å². The highest BCUT2D eigenvalue weighted by Crippen LogP contribution is 2.02. The molecule has 0 saturated heterocycles. The Morgan fingerprint density at radius 1 is 1.38 bits per heavy atom. The molecule has 0 aromatic rings. The van der Waals surface area contributed by atoms with Crippen LogP contribution in [0, 0.1) is 0 Å². The van der Waals surface area contributed by atoms with E-state index in [1.54, 1.807) is 0 Å². The first kappa shape index (κ1) is 12.6. The largest absolute Gasteiger partial charge is 0.317 e. The van der Waals surface area contributed by atoms with Crippen LogP contribution in [0.1, 0.15) is 26.2 Å². The van der Waals surface area contributed by atoms with Crippen molar-refractivity contribution in [2.75, 3.05) is 27.2 Å². The number of unbranched alkanes of at least 4 members (excludes halogenated alkanes) is 1. The van der Waals surface area contributed by atoms with Crippen molar-refractivity contribution in [3.63, 3.8) is 0 Å². The lowest BCUT2D eigenvalue weighted by Crippen LogP contribution is -2.29. The zero-order chi connectivity index (χ0) is 10.1. The summed E-state index contributed by atoms with van der Waals surface area (Å²) in [6.07, 6.45) is 4.29. The van der Waals surface area contributed by atoms with Gasteiger partial charge in [-0.05, 0) is 40.0 Å². The molecular formula is C10H22N2O. The van der Waals surface area contributed by atoms with Gasteiger partial charge in [0.2, 0.25) is 0 Å². The van der Waals surface area contributed by atoms with E-state index >= 15 is 0 Å². The number of carbonyl (C=O) groups is 1. The van der Waals surface area contributed by atoms with Crippen LogP contribution in [0.25, 0.3) is 0 Å². The summed E-state index contributed by atoms with van der Waals surface area (Å²) in [6, 6.07) is 0.0987. The molecule has 0 aliphatic heterocycles. The second-order valence-corrected chi connectivity index (χ2v) is 3.52. The summed E-state index contributed by atoms with van der Waals surface area (Å²) < 4.78 is 0. The van der Waals surface area contributed by atoms with Gasteiger partial charge in [0.1, 0.15) is 6.29 Å². The number of hydrogen-bond acceptors (Lipinski definition) is 3. The lowest BCUT2D eigenvalue weighted by molar-refractivity contribution is -0.111. The summed E-state index contributed by atoms with van der Waals surface area (Å²) >= 11 is 0. The molecule has 3 heteroatoms. The van der Waals surface area contributed by atoms with Gasteiger partial charge in [-0.3, -0.25) is 0 Å². The second kappa shape index (κ2) is 8.20. The molecule has 0 aliphatic carbocycles. The first-order valence-corrected chi connectivity index (χ1v) is 5.04. The van der Waals surface area contributed by atoms with Gasteiger partial charge in [-0.25, -0.2) is 0 Å². The maximum atomic E-state index is 10.6. The van der Waals surface area contributed by atoms with E-state index in [0.717, 1.165) is 38.6 Å². The Morgan fingerprint density at radius 3 is 2.54 bits per heavy atom. The quantitative estimate of drug-likeness (QED) is 0.451. The number of likely N-dealkylation sites (N-methyl/N-ethyl adjacent to an activating group) is 1. The molecule has 1 atom stereocenters. The highest BCUT2D eigenvalue weighted by atomic mass is 16.1. The van der Waals surface area contributed by atoms with Gasteiger partial charge in [-0.1, -0.05) is 13.3 Å². The van der Waals surface area contributed by atoms with Crippen molar-refractivity contribution in [1.29, 1.82) is 0 Å². The molecule has 0 radical (unpaired) electrons. The Morgan fingerprint density at radius 2 is 2.08 bits per heavy atom. The fourth-order valence-corrected chi connectivity index (χ4v) is 1.23. The number of hydrogen-bond donors (Lipinski definition) is 1. The number of carbonyl (C=O) groups excluding carboxylic acids is 1. The normalized spacial score (nSPS) is 13.2. The Bertz CT molecular complexity index is 126. The van der Waals surface area contributed by atoms with Gasteiger partial charge in [0.15, 0.2) is 0 Å². The van der Waals surface area contributed by atoms with Crippen molar-refractivity contribution >= 4 is 6.29 Å². The van der Waals surface area contributed by atoms with Gasteiger partial charge in [-0.15, -0.1) is 0 Å². The van der Waals surface area contributed by atoms with Crippen LogP contribution in [-0.2, 0) is 4.79 Å². The van der Waals surface area contributed by atoms with Gasteiger partial charge in [-0.2, -0.15) is 0 Å². The van der Waals surface area contributed by atoms with Crippen LogP contribution in [0.5, 0.6) is 0 Å². The average Bonchev–Trinajstić information content (AvgIpc) is 2.10. The fourth-order valence-electron chi connectivity index (χ4n) is 1.23. The molecule has 78 valence electrons. The van der Waals surface area contributed by atoms with Crippen molar-refractivity contribution in [3.8, 4) is 0 Å². The Labute approximate surface area is 81.5 Å². The molecule has 0 saturated carbocycles. The molecule has 0 fully saturated rings. The molecule has 0 aromatic heterocycles. The fraction of sp³-hybridized carbons (Fsp3) is 0.900. The molecule has 0 spiro atoms. The molecule has 0 heterocycles. The van der Waals surface area contributed by atoms with Crippen molar-refractivity contribution in [2.24, 2.45) is 0 Å². The SMILES string of the molecule is CCNCCCCC(C=O)N(C)C. The predicted octanol–water partition coefficient (Wildman–Crippen LogP) is 0.895. The van der Waals surface area contributed by atoms with Crippen molar-refractivity contribution in [1.82, 2.24) is 10.2 Å². The highest BCUT2D eigenvalue weighted by molar-refractivity contribution is 5.57. The monoisotopic (exact) mass is 186 g/mol. The number of nitrogens with zero attached hydrogens (tertiary/aromatic N) is 1. The van der Waals surface area contributed by atoms with Gasteiger partial charge in [0.25, 0.3) is 0 Å². The minimum atomic E-state index is 0.0987. The van der Waals surface area contributed by atoms with E-state index in [1.165, 1.54) is 0 Å². The van der Waals surface area contributed by atoms with Crippen LogP contribution >= 0.6 is 0 Å². The smallest absolute Gasteiger partial charge is 0.137 e. The van der Waals surface area contributed by atoms with Gasteiger partial charge >= 0.3 is 0 Å². The molecule has 3 nitrogen and oxygen atoms in total. The summed E-state index contributed by atoms with van der Waals surface area (Å²) in [7, 11) is 3.90. The topological polar surface area (TPSA) is 32.3 Å². The van der Waals surface area contributed by atoms with Gasteiger partial charge in [0, 0.05) is 0 Å². The number of rotatable bonds is 8. The first-order chi connectivity index (χ1) is 6.22. The lowest BCUT2D eigenvalue weighted by atomic mass is 10.1. The zero-order valence-electron chi connectivity index (χ0n) is 9.05. The van der Waals surface area contributed by atoms with E-state index in [1.807, 2.05) is 19.0 Å². The van der Waals surface area contributed by atoms with Crippen LogP contribution in [0.3, 0.4) is 0 Å². The molecule has 0 aliphatic rings. The molecule has 0 bridgehead atoms. The Hall–Kier alpha value is -0.410. The number of aldehydes is 1. The summed E-state index contributed by atoms with van der Waals surface area (Å²) in [5, 5.41) is 3.27. The van der Waals surface area contributed by atoms with Crippen molar-refractivity contribution in [2.45, 2.75) is 32.2 Å². The van der Waals surface area contributed by atoms with Crippen molar-refractivity contribution in [3.05, 3.63) is 0 Å². The molecule has 0 rings (SSSR count). The van der Waals surface area contributed by atoms with E-state index in [2.05, 4.69) is 12.2 Å². The molecule has 13 heavy (non-hydrogen) atoms. The van der Waals surface area contributed by atoms with E-state index in [0.29, 0.717) is 0 Å². The van der Waals surface area contributed by atoms with E-state index < -0.39 is 0 Å². The summed E-state index contributed by atoms with van der Waals surface area (Å²) in [5.41, 5.74) is 0. The van der Waals surface area contributed by atoms with Crippen molar-refractivity contribution < 1.29 is 4.79 Å². The maximum absolute atomic E-state index is 10.6. The van der Waals surface area contributed by atoms with Crippen LogP contribution in [0.2, 0.25) is 0 Å². The van der Waals surface area contributed by atoms with Crippen LogP contribution in [0.15, 0.2) is 0 Å². The van der Waals surface area contributed by atoms with Gasteiger partial charge < -0.3 is 15.0 Å². The Kier molecular flexibility index (Phi) is 7.94. The zero-order valence-corrected chi connectivity index (χ0v) is 9.05. The van der Waals surface area contributed by atoms with Gasteiger partial charge in [0.05, 0.1) is 6.04 Å². The maximum Gasteiger partial charge on any atom is 0.137 e. The third kappa shape index (κ3) is 6.72. The third-order valence-electron chi connectivity index (χ3n) is 2.17. The Balaban J connectivity index is 3.33. The van der Waals surface area contributed by atoms with E-state index in [4.69, 9.17) is 0 Å². The second-order valence-electron chi connectivity index (χ2n) is 3.52. The number of nitrogens with one attached hydrogen (secondary N) is 1. The highest BCUT2D eigenvalue weighted by Gasteiger charge is 2.08. The van der Waals surface area contributed by atoms with Crippen LogP contribution in [-0.4, -0.2) is 44.4 Å². The standard InChI is InChI=1S/C10H22N2O/c1-4-11-8-6-5-7-10(9-13)12(2)3/h9-11H,4-8H2,1-3H3. The summed E-state index contributed by atoms with van der Waals surface area (Å²) in [6.45, 7) is 4.20. The predicted molar refractivity (Wildman–Crippen MR) is 55.9 cm³/mol. The molecule has 0 amide bonds. The molecule has 1 N–H and O–H groups in total. The first-order valence-electron chi connectivity index (χ1n) is 5.04.